The summed E-state index contributed by atoms with van der Waals surface area (Å²) in [6.07, 6.45) is 6.26. The zero-order valence-corrected chi connectivity index (χ0v) is 8.37. The van der Waals surface area contributed by atoms with Crippen molar-refractivity contribution in [2.75, 3.05) is 0 Å². The molecule has 8 atom stereocenters. The Balaban J connectivity index is 1.57. The summed E-state index contributed by atoms with van der Waals surface area (Å²) in [5.41, 5.74) is 0.999. The van der Waals surface area contributed by atoms with E-state index in [-0.39, 0.29) is 0 Å². The summed E-state index contributed by atoms with van der Waals surface area (Å²) < 4.78 is 0. The molecule has 0 radical (unpaired) electrons. The molecule has 6 aliphatic carbocycles. The second kappa shape index (κ2) is 1.51. The van der Waals surface area contributed by atoms with Crippen LogP contribution in [0.15, 0.2) is 0 Å². The highest BCUT2D eigenvalue weighted by atomic mass is 15.0. The molecule has 6 aliphatic rings. The lowest BCUT2D eigenvalue weighted by Crippen LogP contribution is -2.05. The zero-order valence-electron chi connectivity index (χ0n) is 8.37. The van der Waals surface area contributed by atoms with Gasteiger partial charge in [0, 0.05) is 0 Å². The van der Waals surface area contributed by atoms with Crippen LogP contribution in [0, 0.1) is 46.8 Å². The molecule has 0 amide bonds. The van der Waals surface area contributed by atoms with Crippen LogP contribution in [0.1, 0.15) is 32.6 Å². The number of unbranched alkanes of at least 4 members (excludes halogenated alkanes) is 1. The predicted octanol–water partition coefficient (Wildman–Crippen LogP) is 2.93. The molecule has 0 saturated heterocycles. The molecular weight excluding hydrogens is 156 g/mol. The third-order valence-corrected chi connectivity index (χ3v) is 6.69. The summed E-state index contributed by atoms with van der Waals surface area (Å²) in [5.74, 6) is 8.96. The molecule has 2 bridgehead atoms. The van der Waals surface area contributed by atoms with Gasteiger partial charge in [-0.3, -0.25) is 0 Å². The fraction of sp³-hybridized carbons (Fsp3) is 1.00. The minimum Gasteiger partial charge on any atom is -0.0654 e. The Morgan fingerprint density at radius 3 is 2.23 bits per heavy atom. The maximum Gasteiger partial charge on any atom is -0.0195 e. The van der Waals surface area contributed by atoms with Crippen molar-refractivity contribution in [3.05, 3.63) is 0 Å². The van der Waals surface area contributed by atoms with Gasteiger partial charge in [0.1, 0.15) is 0 Å². The molecule has 13 heavy (non-hydrogen) atoms. The van der Waals surface area contributed by atoms with E-state index in [9.17, 15) is 0 Å². The minimum absolute atomic E-state index is 0.999. The first-order valence-electron chi connectivity index (χ1n) is 6.41. The third kappa shape index (κ3) is 0.397. The Morgan fingerprint density at radius 1 is 1.08 bits per heavy atom. The summed E-state index contributed by atoms with van der Waals surface area (Å²) in [4.78, 5) is 0. The molecule has 6 saturated carbocycles. The van der Waals surface area contributed by atoms with Crippen molar-refractivity contribution in [3.63, 3.8) is 0 Å². The molecule has 6 rings (SSSR count). The van der Waals surface area contributed by atoms with E-state index in [2.05, 4.69) is 6.92 Å². The minimum atomic E-state index is 0.999. The van der Waals surface area contributed by atoms with Crippen LogP contribution in [0.25, 0.3) is 0 Å². The monoisotopic (exact) mass is 174 g/mol. The van der Waals surface area contributed by atoms with E-state index in [0.717, 1.165) is 5.41 Å². The molecule has 0 N–H and O–H groups in total. The highest BCUT2D eigenvalue weighted by molar-refractivity contribution is 5.43. The molecular formula is C13H18. The van der Waals surface area contributed by atoms with Crippen LogP contribution in [-0.2, 0) is 0 Å². The fourth-order valence-electron chi connectivity index (χ4n) is 6.86. The Labute approximate surface area is 80.1 Å². The smallest absolute Gasteiger partial charge is 0.0195 e. The third-order valence-electron chi connectivity index (χ3n) is 6.69. The van der Waals surface area contributed by atoms with Crippen molar-refractivity contribution in [2.24, 2.45) is 46.8 Å². The van der Waals surface area contributed by atoms with Crippen molar-refractivity contribution < 1.29 is 0 Å². The molecule has 0 aromatic heterocycles. The highest BCUT2D eigenvalue weighted by Crippen LogP contribution is 3.00. The van der Waals surface area contributed by atoms with E-state index in [1.54, 1.807) is 12.8 Å². The van der Waals surface area contributed by atoms with Gasteiger partial charge in [-0.05, 0) is 59.7 Å². The van der Waals surface area contributed by atoms with Crippen molar-refractivity contribution in [1.82, 2.24) is 0 Å². The largest absolute Gasteiger partial charge is 0.0654 e. The van der Waals surface area contributed by atoms with Crippen LogP contribution in [0.2, 0.25) is 0 Å². The van der Waals surface area contributed by atoms with Crippen LogP contribution in [-0.4, -0.2) is 0 Å². The molecule has 0 aromatic carbocycles. The molecule has 0 nitrogen and oxygen atoms in total. The Bertz CT molecular complexity index is 278. The Morgan fingerprint density at radius 2 is 1.77 bits per heavy atom. The molecule has 0 aliphatic heterocycles. The van der Waals surface area contributed by atoms with E-state index in [4.69, 9.17) is 0 Å². The lowest BCUT2D eigenvalue weighted by Gasteiger charge is -2.13. The van der Waals surface area contributed by atoms with Crippen LogP contribution < -0.4 is 0 Å². The molecule has 6 fully saturated rings. The lowest BCUT2D eigenvalue weighted by atomic mass is 9.92. The average Bonchev–Trinajstić information content (AvgIpc) is 2.90. The fourth-order valence-corrected chi connectivity index (χ4v) is 6.86. The van der Waals surface area contributed by atoms with E-state index in [1.807, 2.05) is 0 Å². The van der Waals surface area contributed by atoms with E-state index in [0.29, 0.717) is 0 Å². The first-order valence-corrected chi connectivity index (χ1v) is 6.41. The van der Waals surface area contributed by atoms with Gasteiger partial charge in [-0.25, -0.2) is 0 Å². The number of hydrogen-bond donors (Lipinski definition) is 0. The van der Waals surface area contributed by atoms with E-state index < -0.39 is 0 Å². The Kier molecular flexibility index (Phi) is 0.753. The van der Waals surface area contributed by atoms with Gasteiger partial charge in [-0.1, -0.05) is 19.8 Å². The summed E-state index contributed by atoms with van der Waals surface area (Å²) in [6, 6.07) is 0. The molecule has 2 unspecified atom stereocenters. The van der Waals surface area contributed by atoms with Gasteiger partial charge in [-0.2, -0.15) is 0 Å². The maximum atomic E-state index is 2.36. The zero-order chi connectivity index (χ0) is 8.37. The Hall–Kier alpha value is 0. The average molecular weight is 174 g/mol. The summed E-state index contributed by atoms with van der Waals surface area (Å²) in [7, 11) is 0. The van der Waals surface area contributed by atoms with Gasteiger partial charge in [-0.15, -0.1) is 0 Å². The number of hydrogen-bond acceptors (Lipinski definition) is 0. The van der Waals surface area contributed by atoms with Gasteiger partial charge >= 0.3 is 0 Å². The summed E-state index contributed by atoms with van der Waals surface area (Å²) >= 11 is 0. The summed E-state index contributed by atoms with van der Waals surface area (Å²) in [6.45, 7) is 2.36. The predicted molar refractivity (Wildman–Crippen MR) is 51.0 cm³/mol. The van der Waals surface area contributed by atoms with E-state index >= 15 is 0 Å². The molecule has 0 spiro atoms. The van der Waals surface area contributed by atoms with E-state index in [1.165, 1.54) is 54.3 Å². The second-order valence-electron chi connectivity index (χ2n) is 6.51. The van der Waals surface area contributed by atoms with Gasteiger partial charge in [0.25, 0.3) is 0 Å². The van der Waals surface area contributed by atoms with Gasteiger partial charge in [0.2, 0.25) is 0 Å². The molecule has 0 heterocycles. The standard InChI is InChI=1S/C13H18/c1-2-3-4-13-10-6-5-7(11(10)13)9-8(6)12(9)13/h6-12H,2-5H2,1H3/t6-,7+,8+,9-,10-,11-,12?,13?/m0/s1. The topological polar surface area (TPSA) is 0 Å². The van der Waals surface area contributed by atoms with Crippen molar-refractivity contribution >= 4 is 0 Å². The van der Waals surface area contributed by atoms with Crippen molar-refractivity contribution in [3.8, 4) is 0 Å². The highest BCUT2D eigenvalue weighted by Gasteiger charge is 2.96. The first-order chi connectivity index (χ1) is 6.41. The normalized spacial score (nSPS) is 77.8. The lowest BCUT2D eigenvalue weighted by molar-refractivity contribution is 0.360. The van der Waals surface area contributed by atoms with Crippen LogP contribution in [0.5, 0.6) is 0 Å². The summed E-state index contributed by atoms with van der Waals surface area (Å²) in [5, 5.41) is 0. The number of rotatable bonds is 3. The van der Waals surface area contributed by atoms with Crippen molar-refractivity contribution in [2.45, 2.75) is 32.6 Å². The first kappa shape index (κ1) is 6.48. The van der Waals surface area contributed by atoms with Crippen molar-refractivity contribution in [1.29, 1.82) is 0 Å². The SMILES string of the molecule is CCCCC12C3[C@@H]4[C@@H]5C[C@H]([C@H]34)[C@H]1[C@H]52. The van der Waals surface area contributed by atoms with Crippen LogP contribution >= 0.6 is 0 Å². The molecule has 0 aromatic rings. The van der Waals surface area contributed by atoms with Gasteiger partial charge in [0.15, 0.2) is 0 Å². The van der Waals surface area contributed by atoms with Gasteiger partial charge in [0.05, 0.1) is 0 Å². The molecule has 70 valence electrons. The van der Waals surface area contributed by atoms with Crippen LogP contribution in [0.4, 0.5) is 0 Å². The van der Waals surface area contributed by atoms with Gasteiger partial charge < -0.3 is 0 Å². The maximum absolute atomic E-state index is 2.36. The van der Waals surface area contributed by atoms with Crippen LogP contribution in [0.3, 0.4) is 0 Å². The quantitative estimate of drug-likeness (QED) is 0.617. The molecule has 0 heteroatoms. The second-order valence-corrected chi connectivity index (χ2v) is 6.51.